The second kappa shape index (κ2) is 17.1. The lowest BCUT2D eigenvalue weighted by Gasteiger charge is -2.18. The third kappa shape index (κ3) is 11.7. The molecule has 0 saturated heterocycles. The van der Waals surface area contributed by atoms with Gasteiger partial charge in [-0.25, -0.2) is 19.5 Å². The molecule has 2 rings (SSSR count). The summed E-state index contributed by atoms with van der Waals surface area (Å²) in [5.41, 5.74) is 1.65. The first-order valence-corrected chi connectivity index (χ1v) is 12.8. The Balaban J connectivity index is 1.69. The first-order valence-electron chi connectivity index (χ1n) is 12.0. The smallest absolute Gasteiger partial charge is 0.416 e. The first-order chi connectivity index (χ1) is 18.3. The highest BCUT2D eigenvalue weighted by molar-refractivity contribution is 9.10. The number of rotatable bonds is 16. The van der Waals surface area contributed by atoms with Gasteiger partial charge in [0, 0.05) is 6.08 Å². The Labute approximate surface area is 229 Å². The van der Waals surface area contributed by atoms with Gasteiger partial charge in [-0.3, -0.25) is 4.79 Å². The van der Waals surface area contributed by atoms with Crippen LogP contribution in [0.4, 0.5) is 9.59 Å². The fourth-order valence-corrected chi connectivity index (χ4v) is 3.63. The van der Waals surface area contributed by atoms with Gasteiger partial charge >= 0.3 is 12.2 Å². The van der Waals surface area contributed by atoms with Crippen molar-refractivity contribution in [3.05, 3.63) is 64.4 Å². The average Bonchev–Trinajstić information content (AvgIpc) is 2.88. The Kier molecular flexibility index (Phi) is 13.8. The molecule has 1 aromatic carbocycles. The van der Waals surface area contributed by atoms with Crippen molar-refractivity contribution < 1.29 is 38.8 Å². The van der Waals surface area contributed by atoms with E-state index in [-0.39, 0.29) is 43.2 Å². The number of halogens is 1. The number of carboxylic acid groups (broad SMARTS) is 2. The van der Waals surface area contributed by atoms with E-state index in [2.05, 4.69) is 33.2 Å². The molecule has 2 aromatic rings. The van der Waals surface area contributed by atoms with Gasteiger partial charge in [0.1, 0.15) is 17.0 Å². The highest BCUT2D eigenvalue weighted by Crippen LogP contribution is 2.22. The van der Waals surface area contributed by atoms with Crippen LogP contribution in [-0.4, -0.2) is 77.8 Å². The molecule has 0 bridgehead atoms. The van der Waals surface area contributed by atoms with Crippen molar-refractivity contribution in [2.45, 2.75) is 25.8 Å². The summed E-state index contributed by atoms with van der Waals surface area (Å²) in [4.78, 5) is 38.4. The van der Waals surface area contributed by atoms with Crippen molar-refractivity contribution >= 4 is 40.1 Å². The molecule has 0 spiro atoms. The molecular formula is C26H32BrN3O8. The molecule has 11 nitrogen and oxygen atoms in total. The highest BCUT2D eigenvalue weighted by Gasteiger charge is 2.18. The van der Waals surface area contributed by atoms with Gasteiger partial charge < -0.3 is 29.7 Å². The fraction of sp³-hybridized carbons (Fsp3) is 0.385. The largest absolute Gasteiger partial charge is 0.491 e. The molecule has 1 atom stereocenters. The molecule has 1 heterocycles. The van der Waals surface area contributed by atoms with E-state index in [1.165, 1.54) is 6.08 Å². The zero-order valence-electron chi connectivity index (χ0n) is 21.0. The van der Waals surface area contributed by atoms with Crippen molar-refractivity contribution in [2.24, 2.45) is 0 Å². The number of hydrogen-bond acceptors (Lipinski definition) is 7. The minimum absolute atomic E-state index is 0.0528. The van der Waals surface area contributed by atoms with E-state index >= 15 is 0 Å². The Morgan fingerprint density at radius 2 is 1.66 bits per heavy atom. The number of nitrogens with zero attached hydrogens (tertiary/aromatic N) is 2. The van der Waals surface area contributed by atoms with Crippen LogP contribution in [0.5, 0.6) is 5.75 Å². The summed E-state index contributed by atoms with van der Waals surface area (Å²) in [7, 11) is 0. The molecule has 3 N–H and O–H groups in total. The molecular weight excluding hydrogens is 562 g/mol. The van der Waals surface area contributed by atoms with Crippen LogP contribution in [0.2, 0.25) is 0 Å². The minimum Gasteiger partial charge on any atom is -0.491 e. The molecule has 1 aromatic heterocycles. The van der Waals surface area contributed by atoms with Crippen LogP contribution in [0, 0.1) is 0 Å². The molecule has 0 radical (unpaired) electrons. The van der Waals surface area contributed by atoms with E-state index in [0.29, 0.717) is 29.3 Å². The molecule has 0 aliphatic rings. The van der Waals surface area contributed by atoms with Gasteiger partial charge in [0.25, 0.3) is 0 Å². The van der Waals surface area contributed by atoms with Crippen LogP contribution in [0.15, 0.2) is 53.1 Å². The van der Waals surface area contributed by atoms with Crippen LogP contribution in [-0.2, 0) is 14.3 Å². The second-order valence-electron chi connectivity index (χ2n) is 7.93. The van der Waals surface area contributed by atoms with E-state index < -0.39 is 12.2 Å². The molecule has 12 heteroatoms. The van der Waals surface area contributed by atoms with Crippen molar-refractivity contribution in [1.82, 2.24) is 15.2 Å². The summed E-state index contributed by atoms with van der Waals surface area (Å²) in [5, 5.41) is 20.5. The van der Waals surface area contributed by atoms with Crippen LogP contribution >= 0.6 is 15.9 Å². The molecule has 0 aliphatic heterocycles. The van der Waals surface area contributed by atoms with Crippen LogP contribution < -0.4 is 10.1 Å². The van der Waals surface area contributed by atoms with Crippen LogP contribution in [0.1, 0.15) is 37.1 Å². The summed E-state index contributed by atoms with van der Waals surface area (Å²) < 4.78 is 17.0. The number of hydrogen-bond donors (Lipinski definition) is 3. The normalized spacial score (nSPS) is 11.7. The molecule has 1 unspecified atom stereocenters. The number of carbonyl (C=O) groups is 3. The zero-order valence-corrected chi connectivity index (χ0v) is 22.6. The molecule has 0 aliphatic carbocycles. The summed E-state index contributed by atoms with van der Waals surface area (Å²) in [6, 6.07) is 12.9. The third-order valence-corrected chi connectivity index (χ3v) is 5.55. The van der Waals surface area contributed by atoms with Gasteiger partial charge in [0.15, 0.2) is 0 Å². The van der Waals surface area contributed by atoms with Gasteiger partial charge in [0.05, 0.1) is 44.7 Å². The van der Waals surface area contributed by atoms with Crippen molar-refractivity contribution in [3.8, 4) is 5.75 Å². The zero-order chi connectivity index (χ0) is 27.8. The Morgan fingerprint density at radius 3 is 2.29 bits per heavy atom. The van der Waals surface area contributed by atoms with E-state index in [9.17, 15) is 14.4 Å². The number of ether oxygens (including phenoxy) is 3. The quantitative estimate of drug-likeness (QED) is 0.144. The average molecular weight is 594 g/mol. The van der Waals surface area contributed by atoms with Crippen LogP contribution in [0.25, 0.3) is 6.08 Å². The van der Waals surface area contributed by atoms with Crippen molar-refractivity contribution in [1.29, 1.82) is 0 Å². The summed E-state index contributed by atoms with van der Waals surface area (Å²) >= 11 is 3.31. The lowest BCUT2D eigenvalue weighted by Crippen LogP contribution is -2.37. The van der Waals surface area contributed by atoms with Gasteiger partial charge in [-0.15, -0.1) is 0 Å². The monoisotopic (exact) mass is 593 g/mol. The van der Waals surface area contributed by atoms with Gasteiger partial charge in [-0.05, 0) is 58.3 Å². The number of carbonyl (C=O) groups excluding carboxylic acids is 1. The minimum atomic E-state index is -1.55. The standard InChI is InChI=1S/C26H32BrN3O8/c1-2-4-22(29-24(31)12-9-20-5-3-6-23(27)28-20)19-7-10-21(11-8-19)38-18-17-37-16-15-36-14-13-30(25(32)33)26(34)35/h3,5-12,22H,2,4,13-18H2,1H3,(H,29,31)(H,32,33)(H,34,35). The van der Waals surface area contributed by atoms with E-state index in [1.807, 2.05) is 42.5 Å². The maximum Gasteiger partial charge on any atom is 0.416 e. The number of pyridine rings is 1. The maximum atomic E-state index is 12.5. The lowest BCUT2D eigenvalue weighted by atomic mass is 10.0. The number of aromatic nitrogens is 1. The van der Waals surface area contributed by atoms with Crippen molar-refractivity contribution in [2.75, 3.05) is 39.6 Å². The van der Waals surface area contributed by atoms with Gasteiger partial charge in [-0.2, -0.15) is 0 Å². The second-order valence-corrected chi connectivity index (χ2v) is 8.74. The SMILES string of the molecule is CCCC(NC(=O)C=Cc1cccc(Br)n1)c1ccc(OCCOCCOCCN(C(=O)O)C(=O)O)cc1. The Morgan fingerprint density at radius 1 is 1.00 bits per heavy atom. The molecule has 206 valence electrons. The summed E-state index contributed by atoms with van der Waals surface area (Å²) in [6.07, 6.45) is 1.74. The number of imide groups is 1. The topological polar surface area (TPSA) is 148 Å². The lowest BCUT2D eigenvalue weighted by molar-refractivity contribution is -0.117. The third-order valence-electron chi connectivity index (χ3n) is 5.11. The molecule has 0 saturated carbocycles. The van der Waals surface area contributed by atoms with E-state index in [4.69, 9.17) is 24.4 Å². The number of nitrogens with one attached hydrogen (secondary N) is 1. The molecule has 3 amide bonds. The fourth-order valence-electron chi connectivity index (χ4n) is 3.27. The predicted octanol–water partition coefficient (Wildman–Crippen LogP) is 4.58. The number of benzene rings is 1. The predicted molar refractivity (Wildman–Crippen MR) is 143 cm³/mol. The highest BCUT2D eigenvalue weighted by atomic mass is 79.9. The maximum absolute atomic E-state index is 12.5. The molecule has 38 heavy (non-hydrogen) atoms. The van der Waals surface area contributed by atoms with Gasteiger partial charge in [0.2, 0.25) is 5.91 Å². The Hall–Kier alpha value is -3.48. The molecule has 0 fully saturated rings. The first kappa shape index (κ1) is 30.7. The van der Waals surface area contributed by atoms with E-state index in [0.717, 1.165) is 18.4 Å². The number of amides is 3. The van der Waals surface area contributed by atoms with Crippen LogP contribution in [0.3, 0.4) is 0 Å². The Bertz CT molecular complexity index is 1050. The van der Waals surface area contributed by atoms with Gasteiger partial charge in [-0.1, -0.05) is 31.5 Å². The summed E-state index contributed by atoms with van der Waals surface area (Å²) in [6.45, 7) is 2.82. The summed E-state index contributed by atoms with van der Waals surface area (Å²) in [5.74, 6) is 0.464. The van der Waals surface area contributed by atoms with Crippen molar-refractivity contribution in [3.63, 3.8) is 0 Å². The van der Waals surface area contributed by atoms with E-state index in [1.54, 1.807) is 6.08 Å².